The molecule has 0 aliphatic heterocycles. The van der Waals surface area contributed by atoms with Crippen LogP contribution in [0.15, 0.2) is 0 Å². The van der Waals surface area contributed by atoms with E-state index in [0.717, 1.165) is 63.3 Å². The number of hydrogen-bond donors (Lipinski definition) is 1. The minimum atomic E-state index is -0.358. The van der Waals surface area contributed by atoms with Crippen LogP contribution in [0.3, 0.4) is 0 Å². The first-order valence-corrected chi connectivity index (χ1v) is 12.6. The average Bonchev–Trinajstić information content (AvgIpc) is 3.07. The summed E-state index contributed by atoms with van der Waals surface area (Å²) in [5.41, 5.74) is 0.458. The van der Waals surface area contributed by atoms with Crippen molar-refractivity contribution in [3.8, 4) is 0 Å². The predicted molar refractivity (Wildman–Crippen MR) is 117 cm³/mol. The van der Waals surface area contributed by atoms with Gasteiger partial charge in [0.2, 0.25) is 0 Å². The second-order valence-corrected chi connectivity index (χ2v) is 11.4. The zero-order valence-corrected chi connectivity index (χ0v) is 19.1. The van der Waals surface area contributed by atoms with Gasteiger partial charge in [0.15, 0.2) is 0 Å². The molecule has 4 saturated carbocycles. The summed E-state index contributed by atoms with van der Waals surface area (Å²) < 4.78 is 6.46. The zero-order chi connectivity index (χ0) is 21.4. The Kier molecular flexibility index (Phi) is 6.75. The number of hydrogen-bond acceptors (Lipinski definition) is 4. The van der Waals surface area contributed by atoms with Crippen molar-refractivity contribution >= 4 is 12.1 Å². The van der Waals surface area contributed by atoms with E-state index in [4.69, 9.17) is 9.84 Å². The minimum absolute atomic E-state index is 0.162. The number of Topliss-reactive ketones (excluding diaryl/α,β-unsaturated/α-hetero) is 1. The highest BCUT2D eigenvalue weighted by atomic mass is 16.5. The number of aliphatic hydroxyl groups excluding tert-OH is 1. The average molecular weight is 419 g/mol. The lowest BCUT2D eigenvalue weighted by molar-refractivity contribution is -0.154. The number of ether oxygens (including phenoxy) is 1. The molecule has 0 aromatic carbocycles. The van der Waals surface area contributed by atoms with E-state index in [0.29, 0.717) is 36.4 Å². The van der Waals surface area contributed by atoms with E-state index in [1.807, 2.05) is 0 Å². The maximum Gasteiger partial charge on any atom is 0.143 e. The summed E-state index contributed by atoms with van der Waals surface area (Å²) in [6.45, 7) is 6.06. The number of unbranched alkanes of at least 4 members (excludes halogenated alkanes) is 3. The highest BCUT2D eigenvalue weighted by Gasteiger charge is 2.61. The molecule has 4 nitrogen and oxygen atoms in total. The lowest BCUT2D eigenvalue weighted by atomic mass is 9.44. The van der Waals surface area contributed by atoms with Crippen LogP contribution < -0.4 is 0 Å². The highest BCUT2D eigenvalue weighted by Crippen LogP contribution is 2.66. The number of fused-ring (bicyclic) bond motifs is 5. The third-order valence-corrected chi connectivity index (χ3v) is 10.0. The van der Waals surface area contributed by atoms with Crippen LogP contribution in [0, 0.1) is 40.4 Å². The first-order valence-electron chi connectivity index (χ1n) is 12.6. The summed E-state index contributed by atoms with van der Waals surface area (Å²) >= 11 is 0. The number of carbonyl (C=O) groups is 2. The Morgan fingerprint density at radius 2 is 1.77 bits per heavy atom. The second kappa shape index (κ2) is 9.02. The fourth-order valence-electron chi connectivity index (χ4n) is 8.31. The van der Waals surface area contributed by atoms with E-state index >= 15 is 0 Å². The molecule has 0 spiro atoms. The van der Waals surface area contributed by atoms with Crippen LogP contribution >= 0.6 is 0 Å². The number of carbonyl (C=O) groups excluding carboxylic acids is 2. The quantitative estimate of drug-likeness (QED) is 0.344. The predicted octanol–water partition coefficient (Wildman–Crippen LogP) is 4.96. The van der Waals surface area contributed by atoms with Gasteiger partial charge in [0.1, 0.15) is 12.1 Å². The number of aldehydes is 1. The van der Waals surface area contributed by atoms with Crippen molar-refractivity contribution in [3.05, 3.63) is 0 Å². The molecule has 0 bridgehead atoms. The van der Waals surface area contributed by atoms with Crippen molar-refractivity contribution in [1.29, 1.82) is 0 Å². The molecule has 0 aromatic rings. The minimum Gasteiger partial charge on any atom is -0.396 e. The molecule has 0 heterocycles. The summed E-state index contributed by atoms with van der Waals surface area (Å²) in [5.74, 6) is 2.47. The largest absolute Gasteiger partial charge is 0.396 e. The lowest BCUT2D eigenvalue weighted by Crippen LogP contribution is -2.55. The molecule has 0 aromatic heterocycles. The Bertz CT molecular complexity index is 633. The first-order chi connectivity index (χ1) is 14.4. The van der Waals surface area contributed by atoms with E-state index in [1.54, 1.807) is 0 Å². The van der Waals surface area contributed by atoms with E-state index < -0.39 is 0 Å². The van der Waals surface area contributed by atoms with Gasteiger partial charge in [-0.1, -0.05) is 26.7 Å². The van der Waals surface area contributed by atoms with Crippen LogP contribution in [-0.2, 0) is 14.3 Å². The highest BCUT2D eigenvalue weighted by molar-refractivity contribution is 5.94. The van der Waals surface area contributed by atoms with Gasteiger partial charge in [-0.05, 0) is 92.3 Å². The fourth-order valence-corrected chi connectivity index (χ4v) is 8.31. The Morgan fingerprint density at radius 3 is 2.53 bits per heavy atom. The van der Waals surface area contributed by atoms with Crippen LogP contribution in [0.5, 0.6) is 0 Å². The third kappa shape index (κ3) is 3.81. The standard InChI is InChI=1S/C26H42O4/c1-25-12-11-22-20(8-7-19-15-23(29)18(17-28)16-26(19,22)2)21(25)9-10-24(25)30-14-6-4-3-5-13-27/h17-22,24,27H,3-16H2,1-2H3/t18?,19-,20-,21-,22-,24-,25-,26-/m0/s1. The zero-order valence-electron chi connectivity index (χ0n) is 19.1. The number of aliphatic hydroxyl groups is 1. The van der Waals surface area contributed by atoms with Gasteiger partial charge < -0.3 is 14.6 Å². The molecule has 170 valence electrons. The van der Waals surface area contributed by atoms with Crippen LogP contribution in [-0.4, -0.2) is 36.5 Å². The molecule has 0 amide bonds. The summed E-state index contributed by atoms with van der Waals surface area (Å²) in [7, 11) is 0. The third-order valence-electron chi connectivity index (χ3n) is 10.0. The maximum absolute atomic E-state index is 12.4. The monoisotopic (exact) mass is 418 g/mol. The molecule has 4 fully saturated rings. The van der Waals surface area contributed by atoms with Crippen molar-refractivity contribution in [2.24, 2.45) is 40.4 Å². The Morgan fingerprint density at radius 1 is 1.00 bits per heavy atom. The fraction of sp³-hybridized carbons (Fsp3) is 0.923. The SMILES string of the molecule is C[C@]12CC(C=O)C(=O)C[C@@H]1CC[C@@H]1[C@@H]2CC[C@]2(C)[C@@H](OCCCCCCO)CC[C@@H]12. The van der Waals surface area contributed by atoms with E-state index in [-0.39, 0.29) is 17.1 Å². The Labute approximate surface area is 182 Å². The van der Waals surface area contributed by atoms with Crippen molar-refractivity contribution in [1.82, 2.24) is 0 Å². The summed E-state index contributed by atoms with van der Waals surface area (Å²) in [4.78, 5) is 23.9. The van der Waals surface area contributed by atoms with E-state index in [9.17, 15) is 9.59 Å². The van der Waals surface area contributed by atoms with Crippen LogP contribution in [0.2, 0.25) is 0 Å². The molecule has 4 heteroatoms. The van der Waals surface area contributed by atoms with Gasteiger partial charge in [-0.25, -0.2) is 0 Å². The van der Waals surface area contributed by atoms with Crippen LogP contribution in [0.4, 0.5) is 0 Å². The van der Waals surface area contributed by atoms with Gasteiger partial charge in [-0.3, -0.25) is 4.79 Å². The van der Waals surface area contributed by atoms with Crippen LogP contribution in [0.1, 0.15) is 90.9 Å². The van der Waals surface area contributed by atoms with Gasteiger partial charge >= 0.3 is 0 Å². The number of rotatable bonds is 8. The first kappa shape index (κ1) is 22.5. The van der Waals surface area contributed by atoms with Gasteiger partial charge in [0, 0.05) is 19.6 Å². The molecule has 30 heavy (non-hydrogen) atoms. The molecule has 1 N–H and O–H groups in total. The maximum atomic E-state index is 12.4. The normalized spacial score (nSPS) is 45.5. The molecule has 1 unspecified atom stereocenters. The number of ketones is 1. The molecule has 0 radical (unpaired) electrons. The smallest absolute Gasteiger partial charge is 0.143 e. The molecule has 4 aliphatic rings. The van der Waals surface area contributed by atoms with Gasteiger partial charge in [0.05, 0.1) is 12.0 Å². The van der Waals surface area contributed by atoms with Gasteiger partial charge in [-0.2, -0.15) is 0 Å². The molecule has 0 saturated heterocycles. The molecule has 4 rings (SSSR count). The van der Waals surface area contributed by atoms with E-state index in [1.165, 1.54) is 32.1 Å². The summed E-state index contributed by atoms with van der Waals surface area (Å²) in [6, 6.07) is 0. The molecule has 8 atom stereocenters. The van der Waals surface area contributed by atoms with Crippen molar-refractivity contribution < 1.29 is 19.4 Å². The summed E-state index contributed by atoms with van der Waals surface area (Å²) in [5, 5.41) is 8.92. The topological polar surface area (TPSA) is 63.6 Å². The van der Waals surface area contributed by atoms with Crippen LogP contribution in [0.25, 0.3) is 0 Å². The van der Waals surface area contributed by atoms with Gasteiger partial charge in [-0.15, -0.1) is 0 Å². The molecule has 4 aliphatic carbocycles. The molecular weight excluding hydrogens is 376 g/mol. The second-order valence-electron chi connectivity index (χ2n) is 11.4. The van der Waals surface area contributed by atoms with Crippen molar-refractivity contribution in [2.75, 3.05) is 13.2 Å². The molecular formula is C26H42O4. The lowest BCUT2D eigenvalue weighted by Gasteiger charge is -2.60. The Hall–Kier alpha value is -0.740. The van der Waals surface area contributed by atoms with Crippen molar-refractivity contribution in [2.45, 2.75) is 97.0 Å². The summed E-state index contributed by atoms with van der Waals surface area (Å²) in [6.07, 6.45) is 14.4. The Balaban J connectivity index is 1.41. The van der Waals surface area contributed by atoms with E-state index in [2.05, 4.69) is 13.8 Å². The van der Waals surface area contributed by atoms with Gasteiger partial charge in [0.25, 0.3) is 0 Å². The van der Waals surface area contributed by atoms with Crippen molar-refractivity contribution in [3.63, 3.8) is 0 Å².